The summed E-state index contributed by atoms with van der Waals surface area (Å²) in [6.07, 6.45) is 0.432. The van der Waals surface area contributed by atoms with Crippen molar-refractivity contribution in [3.8, 4) is 0 Å². The molecule has 0 spiro atoms. The first-order valence-electron chi connectivity index (χ1n) is 8.20. The van der Waals surface area contributed by atoms with Gasteiger partial charge in [0.1, 0.15) is 18.2 Å². The van der Waals surface area contributed by atoms with Crippen molar-refractivity contribution in [1.82, 2.24) is 4.90 Å². The van der Waals surface area contributed by atoms with Crippen LogP contribution in [0.2, 0.25) is 0 Å². The number of ether oxygens (including phenoxy) is 3. The van der Waals surface area contributed by atoms with Gasteiger partial charge < -0.3 is 14.2 Å². The lowest BCUT2D eigenvalue weighted by Crippen LogP contribution is -2.42. The Morgan fingerprint density at radius 1 is 1.15 bits per heavy atom. The van der Waals surface area contributed by atoms with E-state index in [0.717, 1.165) is 16.7 Å². The molecule has 7 nitrogen and oxygen atoms in total. The molecule has 0 fully saturated rings. The average Bonchev–Trinajstić information content (AvgIpc) is 2.94. The highest BCUT2D eigenvalue weighted by atomic mass is 16.6. The Morgan fingerprint density at radius 3 is 2.38 bits per heavy atom. The Kier molecular flexibility index (Phi) is 6.15. The lowest BCUT2D eigenvalue weighted by molar-refractivity contribution is -0.138. The number of nitrogens with zero attached hydrogens (tertiary/aromatic N) is 1. The predicted octanol–water partition coefficient (Wildman–Crippen LogP) is 2.45. The molecule has 1 aliphatic heterocycles. The maximum atomic E-state index is 12.5. The van der Waals surface area contributed by atoms with E-state index in [1.165, 1.54) is 7.11 Å². The maximum absolute atomic E-state index is 12.5. The van der Waals surface area contributed by atoms with Crippen molar-refractivity contribution in [1.29, 1.82) is 0 Å². The van der Waals surface area contributed by atoms with E-state index in [1.807, 2.05) is 51.1 Å². The monoisotopic (exact) mass is 361 g/mol. The Labute approximate surface area is 152 Å². The summed E-state index contributed by atoms with van der Waals surface area (Å²) in [7, 11) is 1.17. The number of hydrogen-bond donors (Lipinski definition) is 0. The fourth-order valence-corrected chi connectivity index (χ4v) is 2.32. The Balaban J connectivity index is 2.13. The van der Waals surface area contributed by atoms with Gasteiger partial charge >= 0.3 is 12.1 Å². The Hall–Kier alpha value is -2.67. The molecule has 0 aliphatic carbocycles. The smallest absolute Gasteiger partial charge is 0.414 e. The molecular weight excluding hydrogens is 338 g/mol. The molecular formula is C19H23NO6. The molecule has 26 heavy (non-hydrogen) atoms. The van der Waals surface area contributed by atoms with Crippen LogP contribution in [0.3, 0.4) is 0 Å². The molecule has 0 N–H and O–H groups in total. The van der Waals surface area contributed by atoms with Gasteiger partial charge in [0.2, 0.25) is 0 Å². The normalized spacial score (nSPS) is 17.1. The first-order valence-corrected chi connectivity index (χ1v) is 8.20. The van der Waals surface area contributed by atoms with Crippen molar-refractivity contribution in [3.05, 3.63) is 47.7 Å². The summed E-state index contributed by atoms with van der Waals surface area (Å²) < 4.78 is 15.5. The van der Waals surface area contributed by atoms with E-state index >= 15 is 0 Å². The zero-order chi connectivity index (χ0) is 19.3. The second kappa shape index (κ2) is 8.14. The third-order valence-corrected chi connectivity index (χ3v) is 3.67. The van der Waals surface area contributed by atoms with Gasteiger partial charge in [0.05, 0.1) is 19.3 Å². The van der Waals surface area contributed by atoms with Crippen LogP contribution in [0.25, 0.3) is 0 Å². The number of hydrogen-bond acceptors (Lipinski definition) is 6. The number of amides is 1. The van der Waals surface area contributed by atoms with Crippen LogP contribution in [-0.4, -0.2) is 48.1 Å². The number of methoxy groups -OCH3 is 1. The van der Waals surface area contributed by atoms with E-state index in [1.54, 1.807) is 0 Å². The van der Waals surface area contributed by atoms with E-state index in [9.17, 15) is 14.4 Å². The first kappa shape index (κ1) is 19.7. The van der Waals surface area contributed by atoms with Crippen LogP contribution in [0.1, 0.15) is 26.3 Å². The molecule has 1 atom stereocenters. The molecule has 1 aromatic rings. The number of rotatable bonds is 5. The largest absolute Gasteiger partial charge is 0.465 e. The van der Waals surface area contributed by atoms with E-state index in [4.69, 9.17) is 9.47 Å². The predicted molar refractivity (Wildman–Crippen MR) is 93.1 cm³/mol. The van der Waals surface area contributed by atoms with E-state index in [2.05, 4.69) is 4.74 Å². The molecule has 1 amide bonds. The summed E-state index contributed by atoms with van der Waals surface area (Å²) in [6, 6.07) is 8.19. The summed E-state index contributed by atoms with van der Waals surface area (Å²) in [6.45, 7) is 5.50. The average molecular weight is 361 g/mol. The fourth-order valence-electron chi connectivity index (χ4n) is 2.32. The van der Waals surface area contributed by atoms with Crippen LogP contribution in [-0.2, 0) is 30.4 Å². The zero-order valence-electron chi connectivity index (χ0n) is 15.4. The number of carbonyl (C=O) groups is 3. The van der Waals surface area contributed by atoms with Gasteiger partial charge in [-0.15, -0.1) is 0 Å². The van der Waals surface area contributed by atoms with Gasteiger partial charge in [-0.25, -0.2) is 9.59 Å². The van der Waals surface area contributed by atoms with E-state index < -0.39 is 29.5 Å². The number of Topliss-reactive ketones (excluding diaryl/α,β-unsaturated/α-hetero) is 1. The van der Waals surface area contributed by atoms with E-state index in [0.29, 0.717) is 0 Å². The maximum Gasteiger partial charge on any atom is 0.414 e. The lowest BCUT2D eigenvalue weighted by atomic mass is 10.1. The first-order chi connectivity index (χ1) is 12.2. The molecule has 7 heteroatoms. The number of ketones is 1. The molecule has 1 unspecified atom stereocenters. The molecule has 0 bridgehead atoms. The van der Waals surface area contributed by atoms with Crippen molar-refractivity contribution < 1.29 is 28.6 Å². The molecule has 0 saturated carbocycles. The third-order valence-electron chi connectivity index (χ3n) is 3.67. The third kappa shape index (κ3) is 4.92. The van der Waals surface area contributed by atoms with Crippen LogP contribution in [0.15, 0.2) is 42.1 Å². The molecule has 0 radical (unpaired) electrons. The molecule has 140 valence electrons. The van der Waals surface area contributed by atoms with Gasteiger partial charge in [-0.3, -0.25) is 9.69 Å². The van der Waals surface area contributed by atoms with Crippen molar-refractivity contribution in [3.63, 3.8) is 0 Å². The van der Waals surface area contributed by atoms with Crippen LogP contribution in [0.5, 0.6) is 0 Å². The molecule has 0 aromatic heterocycles. The van der Waals surface area contributed by atoms with Crippen LogP contribution >= 0.6 is 0 Å². The Morgan fingerprint density at radius 2 is 1.81 bits per heavy atom. The van der Waals surface area contributed by atoms with E-state index in [-0.39, 0.29) is 18.8 Å². The summed E-state index contributed by atoms with van der Waals surface area (Å²) >= 11 is 0. The summed E-state index contributed by atoms with van der Waals surface area (Å²) in [5.41, 5.74) is 0.103. The molecule has 1 aliphatic rings. The summed E-state index contributed by atoms with van der Waals surface area (Å²) in [5, 5.41) is 0. The van der Waals surface area contributed by atoms with Gasteiger partial charge in [0, 0.05) is 6.20 Å². The molecule has 2 rings (SSSR count). The standard InChI is InChI=1S/C19H23NO6/c1-19(2,3)26-12-15-16(21)14(17(22)24-4)10-20(15)18(23)25-11-13-8-6-5-7-9-13/h5-10,15H,11-12H2,1-4H3. The quantitative estimate of drug-likeness (QED) is 0.592. The fraction of sp³-hybridized carbons (Fsp3) is 0.421. The second-order valence-corrected chi connectivity index (χ2v) is 6.79. The molecule has 0 saturated heterocycles. The van der Waals surface area contributed by atoms with Gasteiger partial charge in [-0.05, 0) is 26.3 Å². The van der Waals surface area contributed by atoms with Crippen LogP contribution in [0.4, 0.5) is 4.79 Å². The second-order valence-electron chi connectivity index (χ2n) is 6.79. The Bertz CT molecular complexity index is 704. The minimum Gasteiger partial charge on any atom is -0.465 e. The number of benzene rings is 1. The summed E-state index contributed by atoms with van der Waals surface area (Å²) in [5.74, 6) is -1.33. The number of carbonyl (C=O) groups excluding carboxylic acids is 3. The molecule has 1 aromatic carbocycles. The van der Waals surface area contributed by atoms with Crippen LogP contribution in [0, 0.1) is 0 Å². The topological polar surface area (TPSA) is 82.1 Å². The SMILES string of the molecule is COC(=O)C1=CN(C(=O)OCc2ccccc2)C(COC(C)(C)C)C1=O. The van der Waals surface area contributed by atoms with Crippen molar-refractivity contribution in [2.24, 2.45) is 0 Å². The van der Waals surface area contributed by atoms with Crippen molar-refractivity contribution in [2.75, 3.05) is 13.7 Å². The van der Waals surface area contributed by atoms with Gasteiger partial charge in [-0.2, -0.15) is 0 Å². The minimum atomic E-state index is -0.966. The van der Waals surface area contributed by atoms with Crippen molar-refractivity contribution >= 4 is 17.8 Å². The molecule has 1 heterocycles. The van der Waals surface area contributed by atoms with Crippen molar-refractivity contribution in [2.45, 2.75) is 39.0 Å². The van der Waals surface area contributed by atoms with Gasteiger partial charge in [0.15, 0.2) is 5.78 Å². The number of esters is 1. The van der Waals surface area contributed by atoms with Gasteiger partial charge in [0.25, 0.3) is 0 Å². The zero-order valence-corrected chi connectivity index (χ0v) is 15.4. The van der Waals surface area contributed by atoms with Gasteiger partial charge in [-0.1, -0.05) is 30.3 Å². The summed E-state index contributed by atoms with van der Waals surface area (Å²) in [4.78, 5) is 37.8. The highest BCUT2D eigenvalue weighted by Gasteiger charge is 2.42. The lowest BCUT2D eigenvalue weighted by Gasteiger charge is -2.26. The highest BCUT2D eigenvalue weighted by molar-refractivity contribution is 6.21. The highest BCUT2D eigenvalue weighted by Crippen LogP contribution is 2.23. The minimum absolute atomic E-state index is 0.0542. The van der Waals surface area contributed by atoms with Crippen LogP contribution < -0.4 is 0 Å².